The summed E-state index contributed by atoms with van der Waals surface area (Å²) >= 11 is 9.84. The summed E-state index contributed by atoms with van der Waals surface area (Å²) in [4.78, 5) is 23.1. The minimum absolute atomic E-state index is 0.271. The summed E-state index contributed by atoms with van der Waals surface area (Å²) in [6.45, 7) is 0. The Morgan fingerprint density at radius 1 is 1.29 bits per heavy atom. The van der Waals surface area contributed by atoms with Crippen LogP contribution in [-0.4, -0.2) is 11.8 Å². The topological polar surface area (TPSA) is 46.2 Å². The molecule has 1 heterocycles. The average Bonchev–Trinajstić information content (AvgIpc) is 2.44. The maximum Gasteiger partial charge on any atom is 0.260 e. The maximum atomic E-state index is 11.3. The molecule has 5 heteroatoms. The van der Waals surface area contributed by atoms with Crippen LogP contribution in [-0.2, 0) is 5.88 Å². The summed E-state index contributed by atoms with van der Waals surface area (Å²) in [6.07, 6.45) is 0. The van der Waals surface area contributed by atoms with E-state index in [9.17, 15) is 9.59 Å². The number of imide groups is 1. The SMILES string of the molecule is O=C1NC(=O)c2c1ccc(CCl)c2S. The molecule has 1 N–H and O–H groups in total. The van der Waals surface area contributed by atoms with E-state index in [1.165, 1.54) is 0 Å². The highest BCUT2D eigenvalue weighted by molar-refractivity contribution is 7.80. The van der Waals surface area contributed by atoms with Crippen molar-refractivity contribution in [3.8, 4) is 0 Å². The van der Waals surface area contributed by atoms with Crippen molar-refractivity contribution in [1.29, 1.82) is 0 Å². The molecule has 0 atom stereocenters. The number of hydrogen-bond acceptors (Lipinski definition) is 3. The van der Waals surface area contributed by atoms with Crippen molar-refractivity contribution in [2.24, 2.45) is 0 Å². The van der Waals surface area contributed by atoms with Gasteiger partial charge in [-0.25, -0.2) is 0 Å². The van der Waals surface area contributed by atoms with E-state index in [-0.39, 0.29) is 11.8 Å². The predicted octanol–water partition coefficient (Wildman–Crippen LogP) is 1.60. The van der Waals surface area contributed by atoms with E-state index in [1.54, 1.807) is 12.1 Å². The van der Waals surface area contributed by atoms with Crippen molar-refractivity contribution in [3.05, 3.63) is 28.8 Å². The summed E-state index contributed by atoms with van der Waals surface area (Å²) < 4.78 is 0. The number of carbonyl (C=O) groups is 2. The number of fused-ring (bicyclic) bond motifs is 1. The lowest BCUT2D eigenvalue weighted by molar-refractivity contribution is 0.0879. The van der Waals surface area contributed by atoms with Gasteiger partial charge in [0.1, 0.15) is 0 Å². The fourth-order valence-electron chi connectivity index (χ4n) is 1.39. The fourth-order valence-corrected chi connectivity index (χ4v) is 2.09. The number of rotatable bonds is 1. The summed E-state index contributed by atoms with van der Waals surface area (Å²) in [5.41, 5.74) is 1.45. The highest BCUT2D eigenvalue weighted by Gasteiger charge is 2.29. The third-order valence-electron chi connectivity index (χ3n) is 2.10. The number of alkyl halides is 1. The van der Waals surface area contributed by atoms with E-state index in [1.807, 2.05) is 0 Å². The lowest BCUT2D eigenvalue weighted by atomic mass is 10.1. The normalized spacial score (nSPS) is 14.1. The Labute approximate surface area is 90.9 Å². The Kier molecular flexibility index (Phi) is 2.25. The number of halogens is 1. The second-order valence-corrected chi connectivity index (χ2v) is 3.63. The van der Waals surface area contributed by atoms with E-state index >= 15 is 0 Å². The van der Waals surface area contributed by atoms with Crippen LogP contribution in [0, 0.1) is 0 Å². The summed E-state index contributed by atoms with van der Waals surface area (Å²) in [5, 5.41) is 2.20. The molecule has 0 bridgehead atoms. The van der Waals surface area contributed by atoms with Crippen LogP contribution in [0.2, 0.25) is 0 Å². The van der Waals surface area contributed by atoms with E-state index in [2.05, 4.69) is 17.9 Å². The third-order valence-corrected chi connectivity index (χ3v) is 2.90. The molecule has 0 radical (unpaired) electrons. The standard InChI is InChI=1S/C9H6ClNO2S/c10-3-4-1-2-5-6(7(4)14)9(13)11-8(5)12/h1-2,14H,3H2,(H,11,12,13). The summed E-state index contributed by atoms with van der Waals surface area (Å²) in [6, 6.07) is 3.29. The highest BCUT2D eigenvalue weighted by atomic mass is 35.5. The molecule has 1 aromatic carbocycles. The maximum absolute atomic E-state index is 11.3. The first-order valence-corrected chi connectivity index (χ1v) is 4.90. The smallest absolute Gasteiger partial charge is 0.260 e. The van der Waals surface area contributed by atoms with Crippen LogP contribution in [0.15, 0.2) is 17.0 Å². The number of benzene rings is 1. The van der Waals surface area contributed by atoms with Crippen molar-refractivity contribution in [1.82, 2.24) is 5.32 Å². The molecular formula is C9H6ClNO2S. The molecule has 3 nitrogen and oxygen atoms in total. The first kappa shape index (κ1) is 9.55. The van der Waals surface area contributed by atoms with Crippen LogP contribution in [0.3, 0.4) is 0 Å². The van der Waals surface area contributed by atoms with E-state index in [0.29, 0.717) is 16.0 Å². The fraction of sp³-hybridized carbons (Fsp3) is 0.111. The van der Waals surface area contributed by atoms with Gasteiger partial charge in [-0.15, -0.1) is 24.2 Å². The van der Waals surface area contributed by atoms with Gasteiger partial charge in [0.25, 0.3) is 11.8 Å². The molecule has 72 valence electrons. The molecule has 1 aromatic rings. The quantitative estimate of drug-likeness (QED) is 0.435. The van der Waals surface area contributed by atoms with Crippen LogP contribution >= 0.6 is 24.2 Å². The van der Waals surface area contributed by atoms with Gasteiger partial charge in [0.2, 0.25) is 0 Å². The van der Waals surface area contributed by atoms with Crippen LogP contribution in [0.5, 0.6) is 0 Å². The number of thiol groups is 1. The molecule has 0 saturated heterocycles. The van der Waals surface area contributed by atoms with Gasteiger partial charge in [0, 0.05) is 10.8 Å². The molecule has 1 aliphatic rings. The Bertz CT molecular complexity index is 445. The molecule has 2 amide bonds. The van der Waals surface area contributed by atoms with Crippen molar-refractivity contribution in [3.63, 3.8) is 0 Å². The van der Waals surface area contributed by atoms with Gasteiger partial charge in [-0.1, -0.05) is 6.07 Å². The molecule has 0 aliphatic carbocycles. The second-order valence-electron chi connectivity index (χ2n) is 2.91. The molecule has 0 fully saturated rings. The first-order valence-electron chi connectivity index (χ1n) is 3.91. The minimum atomic E-state index is -0.401. The van der Waals surface area contributed by atoms with Crippen LogP contribution in [0.4, 0.5) is 0 Å². The molecular weight excluding hydrogens is 222 g/mol. The zero-order valence-corrected chi connectivity index (χ0v) is 8.65. The molecule has 0 unspecified atom stereocenters. The van der Waals surface area contributed by atoms with Gasteiger partial charge >= 0.3 is 0 Å². The van der Waals surface area contributed by atoms with Gasteiger partial charge < -0.3 is 0 Å². The summed E-state index contributed by atoms with van der Waals surface area (Å²) in [5.74, 6) is -0.503. The summed E-state index contributed by atoms with van der Waals surface area (Å²) in [7, 11) is 0. The molecule has 0 spiro atoms. The zero-order valence-electron chi connectivity index (χ0n) is 7.00. The third kappa shape index (κ3) is 1.22. The van der Waals surface area contributed by atoms with Crippen molar-refractivity contribution in [2.75, 3.05) is 0 Å². The van der Waals surface area contributed by atoms with Gasteiger partial charge in [-0.2, -0.15) is 0 Å². The Morgan fingerprint density at radius 2 is 2.00 bits per heavy atom. The van der Waals surface area contributed by atoms with Gasteiger partial charge in [0.15, 0.2) is 0 Å². The Morgan fingerprint density at radius 3 is 2.64 bits per heavy atom. The van der Waals surface area contributed by atoms with E-state index in [4.69, 9.17) is 11.6 Å². The molecule has 1 aliphatic heterocycles. The lowest BCUT2D eigenvalue weighted by Gasteiger charge is -2.03. The highest BCUT2D eigenvalue weighted by Crippen LogP contribution is 2.27. The van der Waals surface area contributed by atoms with Crippen molar-refractivity contribution < 1.29 is 9.59 Å². The molecule has 0 saturated carbocycles. The number of carbonyl (C=O) groups excluding carboxylic acids is 2. The second kappa shape index (κ2) is 3.29. The molecule has 2 rings (SSSR count). The number of amides is 2. The van der Waals surface area contributed by atoms with Crippen molar-refractivity contribution in [2.45, 2.75) is 10.8 Å². The zero-order chi connectivity index (χ0) is 10.3. The van der Waals surface area contributed by atoms with Crippen LogP contribution in [0.1, 0.15) is 26.3 Å². The number of nitrogens with one attached hydrogen (secondary N) is 1. The van der Waals surface area contributed by atoms with Gasteiger partial charge in [-0.3, -0.25) is 14.9 Å². The Balaban J connectivity index is 2.70. The minimum Gasteiger partial charge on any atom is -0.288 e. The molecule has 14 heavy (non-hydrogen) atoms. The van der Waals surface area contributed by atoms with Crippen molar-refractivity contribution >= 4 is 36.0 Å². The largest absolute Gasteiger partial charge is 0.288 e. The van der Waals surface area contributed by atoms with E-state index < -0.39 is 5.91 Å². The van der Waals surface area contributed by atoms with Gasteiger partial charge in [-0.05, 0) is 11.6 Å². The molecule has 0 aromatic heterocycles. The van der Waals surface area contributed by atoms with Gasteiger partial charge in [0.05, 0.1) is 11.1 Å². The lowest BCUT2D eigenvalue weighted by Crippen LogP contribution is -2.20. The average molecular weight is 228 g/mol. The number of hydrogen-bond donors (Lipinski definition) is 2. The first-order chi connectivity index (χ1) is 6.65. The van der Waals surface area contributed by atoms with E-state index in [0.717, 1.165) is 5.56 Å². The monoisotopic (exact) mass is 227 g/mol. The van der Waals surface area contributed by atoms with Crippen LogP contribution < -0.4 is 5.32 Å². The Hall–Kier alpha value is -1.000. The van der Waals surface area contributed by atoms with Crippen LogP contribution in [0.25, 0.3) is 0 Å². The predicted molar refractivity (Wildman–Crippen MR) is 55.0 cm³/mol.